The van der Waals surface area contributed by atoms with E-state index in [1.54, 1.807) is 23.1 Å². The first-order valence-corrected chi connectivity index (χ1v) is 5.66. The Morgan fingerprint density at radius 2 is 2.40 bits per heavy atom. The molecule has 0 radical (unpaired) electrons. The van der Waals surface area contributed by atoms with Gasteiger partial charge in [0.15, 0.2) is 5.78 Å². The number of aryl methyl sites for hydroxylation is 2. The van der Waals surface area contributed by atoms with E-state index in [9.17, 15) is 4.79 Å². The molecule has 0 spiro atoms. The minimum absolute atomic E-state index is 0.122. The fraction of sp³-hybridized carbons (Fsp3) is 0.273. The molecule has 0 amide bonds. The van der Waals surface area contributed by atoms with Gasteiger partial charge in [-0.3, -0.25) is 9.48 Å². The maximum atomic E-state index is 11.9. The van der Waals surface area contributed by atoms with Crippen LogP contribution >= 0.6 is 11.3 Å². The highest BCUT2D eigenvalue weighted by atomic mass is 32.1. The van der Waals surface area contributed by atoms with Gasteiger partial charge in [-0.05, 0) is 35.4 Å². The minimum atomic E-state index is 0.122. The van der Waals surface area contributed by atoms with Crippen LogP contribution in [0.1, 0.15) is 21.7 Å². The highest BCUT2D eigenvalue weighted by Gasteiger charge is 2.12. The molecule has 78 valence electrons. The van der Waals surface area contributed by atoms with Crippen molar-refractivity contribution in [2.75, 3.05) is 0 Å². The third kappa shape index (κ3) is 2.15. The van der Waals surface area contributed by atoms with Crippen molar-refractivity contribution in [3.05, 3.63) is 39.8 Å². The standard InChI is InChI=1S/C11H12N2OS/c1-8-5-10(13(2)12-8)11(14)6-9-3-4-15-7-9/h3-5,7H,6H2,1-2H3. The number of Topliss-reactive ketones (excluding diaryl/α,β-unsaturated/α-hetero) is 1. The van der Waals surface area contributed by atoms with E-state index < -0.39 is 0 Å². The molecule has 0 aliphatic rings. The molecule has 0 atom stereocenters. The summed E-state index contributed by atoms with van der Waals surface area (Å²) in [6.45, 7) is 1.89. The third-order valence-electron chi connectivity index (χ3n) is 2.23. The second kappa shape index (κ2) is 3.98. The Morgan fingerprint density at radius 3 is 2.93 bits per heavy atom. The number of ketones is 1. The van der Waals surface area contributed by atoms with E-state index in [4.69, 9.17) is 0 Å². The SMILES string of the molecule is Cc1cc(C(=O)Cc2ccsc2)n(C)n1. The molecule has 15 heavy (non-hydrogen) atoms. The molecule has 4 heteroatoms. The first kappa shape index (κ1) is 10.1. The summed E-state index contributed by atoms with van der Waals surface area (Å²) in [5.41, 5.74) is 2.63. The number of thiophene rings is 1. The molecule has 0 unspecified atom stereocenters. The van der Waals surface area contributed by atoms with Crippen molar-refractivity contribution in [3.63, 3.8) is 0 Å². The molecule has 3 nitrogen and oxygen atoms in total. The molecule has 0 N–H and O–H groups in total. The van der Waals surface area contributed by atoms with Crippen molar-refractivity contribution in [1.82, 2.24) is 9.78 Å². The number of hydrogen-bond acceptors (Lipinski definition) is 3. The van der Waals surface area contributed by atoms with Crippen molar-refractivity contribution in [2.24, 2.45) is 7.05 Å². The Kier molecular flexibility index (Phi) is 2.68. The van der Waals surface area contributed by atoms with Gasteiger partial charge in [-0.2, -0.15) is 16.4 Å². The predicted octanol–water partition coefficient (Wildman–Crippen LogP) is 2.22. The molecule has 2 aromatic heterocycles. The summed E-state index contributed by atoms with van der Waals surface area (Å²) in [7, 11) is 1.80. The van der Waals surface area contributed by atoms with Gasteiger partial charge in [0.05, 0.1) is 5.69 Å². The molecular weight excluding hydrogens is 208 g/mol. The number of carbonyl (C=O) groups excluding carboxylic acids is 1. The molecule has 0 fully saturated rings. The lowest BCUT2D eigenvalue weighted by Crippen LogP contribution is -2.09. The lowest BCUT2D eigenvalue weighted by atomic mass is 10.1. The summed E-state index contributed by atoms with van der Waals surface area (Å²) >= 11 is 1.61. The summed E-state index contributed by atoms with van der Waals surface area (Å²) in [6, 6.07) is 3.81. The average Bonchev–Trinajstić information content (AvgIpc) is 2.75. The Labute approximate surface area is 92.4 Å². The maximum absolute atomic E-state index is 11.9. The first-order valence-electron chi connectivity index (χ1n) is 4.72. The second-order valence-electron chi connectivity index (χ2n) is 3.53. The monoisotopic (exact) mass is 220 g/mol. The van der Waals surface area contributed by atoms with Gasteiger partial charge in [-0.25, -0.2) is 0 Å². The van der Waals surface area contributed by atoms with E-state index in [1.165, 1.54) is 0 Å². The highest BCUT2D eigenvalue weighted by Crippen LogP contribution is 2.11. The van der Waals surface area contributed by atoms with Gasteiger partial charge >= 0.3 is 0 Å². The van der Waals surface area contributed by atoms with E-state index in [1.807, 2.05) is 29.8 Å². The molecular formula is C11H12N2OS. The average molecular weight is 220 g/mol. The van der Waals surface area contributed by atoms with Gasteiger partial charge < -0.3 is 0 Å². The highest BCUT2D eigenvalue weighted by molar-refractivity contribution is 7.08. The molecule has 0 saturated heterocycles. The van der Waals surface area contributed by atoms with Crippen LogP contribution < -0.4 is 0 Å². The zero-order valence-electron chi connectivity index (χ0n) is 8.73. The van der Waals surface area contributed by atoms with E-state index in [-0.39, 0.29) is 5.78 Å². The Hall–Kier alpha value is -1.42. The maximum Gasteiger partial charge on any atom is 0.185 e. The zero-order valence-corrected chi connectivity index (χ0v) is 9.54. The van der Waals surface area contributed by atoms with Gasteiger partial charge in [-0.15, -0.1) is 0 Å². The van der Waals surface area contributed by atoms with Crippen LogP contribution in [0.3, 0.4) is 0 Å². The Bertz CT molecular complexity index is 471. The Balaban J connectivity index is 2.18. The smallest absolute Gasteiger partial charge is 0.185 e. The Morgan fingerprint density at radius 1 is 1.60 bits per heavy atom. The zero-order chi connectivity index (χ0) is 10.8. The molecule has 2 heterocycles. The van der Waals surface area contributed by atoms with E-state index in [0.717, 1.165) is 11.3 Å². The number of carbonyl (C=O) groups is 1. The third-order valence-corrected chi connectivity index (χ3v) is 2.96. The summed E-state index contributed by atoms with van der Waals surface area (Å²) < 4.78 is 1.64. The van der Waals surface area contributed by atoms with Crippen LogP contribution in [-0.2, 0) is 13.5 Å². The molecule has 0 aliphatic carbocycles. The molecule has 2 aromatic rings. The summed E-state index contributed by atoms with van der Waals surface area (Å²) in [5, 5.41) is 8.14. The number of hydrogen-bond donors (Lipinski definition) is 0. The van der Waals surface area contributed by atoms with E-state index >= 15 is 0 Å². The largest absolute Gasteiger partial charge is 0.292 e. The molecule has 0 aromatic carbocycles. The fourth-order valence-electron chi connectivity index (χ4n) is 1.54. The first-order chi connectivity index (χ1) is 7.16. The molecule has 0 aliphatic heterocycles. The number of aromatic nitrogens is 2. The van der Waals surface area contributed by atoms with Gasteiger partial charge in [-0.1, -0.05) is 0 Å². The van der Waals surface area contributed by atoms with Gasteiger partial charge in [0.25, 0.3) is 0 Å². The van der Waals surface area contributed by atoms with E-state index in [0.29, 0.717) is 12.1 Å². The van der Waals surface area contributed by atoms with Crippen molar-refractivity contribution < 1.29 is 4.79 Å². The van der Waals surface area contributed by atoms with Crippen molar-refractivity contribution in [3.8, 4) is 0 Å². The topological polar surface area (TPSA) is 34.9 Å². The van der Waals surface area contributed by atoms with Crippen LogP contribution in [0, 0.1) is 6.92 Å². The lowest BCUT2D eigenvalue weighted by Gasteiger charge is -1.98. The van der Waals surface area contributed by atoms with Crippen LogP contribution in [0.4, 0.5) is 0 Å². The minimum Gasteiger partial charge on any atom is -0.292 e. The van der Waals surface area contributed by atoms with Crippen LogP contribution in [0.5, 0.6) is 0 Å². The summed E-state index contributed by atoms with van der Waals surface area (Å²) in [5.74, 6) is 0.122. The lowest BCUT2D eigenvalue weighted by molar-refractivity contribution is 0.0984. The summed E-state index contributed by atoms with van der Waals surface area (Å²) in [4.78, 5) is 11.9. The van der Waals surface area contributed by atoms with Gasteiger partial charge in [0.1, 0.15) is 5.69 Å². The fourth-order valence-corrected chi connectivity index (χ4v) is 2.21. The van der Waals surface area contributed by atoms with Crippen molar-refractivity contribution >= 4 is 17.1 Å². The summed E-state index contributed by atoms with van der Waals surface area (Å²) in [6.07, 6.45) is 0.461. The normalized spacial score (nSPS) is 10.5. The van der Waals surface area contributed by atoms with E-state index in [2.05, 4.69) is 5.10 Å². The molecule has 0 bridgehead atoms. The number of nitrogens with zero attached hydrogens (tertiary/aromatic N) is 2. The van der Waals surface area contributed by atoms with Gasteiger partial charge in [0.2, 0.25) is 0 Å². The van der Waals surface area contributed by atoms with Crippen molar-refractivity contribution in [1.29, 1.82) is 0 Å². The van der Waals surface area contributed by atoms with Crippen LogP contribution in [0.25, 0.3) is 0 Å². The molecule has 2 rings (SSSR count). The van der Waals surface area contributed by atoms with Crippen LogP contribution in [0.15, 0.2) is 22.9 Å². The number of rotatable bonds is 3. The van der Waals surface area contributed by atoms with Crippen LogP contribution in [0.2, 0.25) is 0 Å². The van der Waals surface area contributed by atoms with Crippen molar-refractivity contribution in [2.45, 2.75) is 13.3 Å². The van der Waals surface area contributed by atoms with Gasteiger partial charge in [0, 0.05) is 13.5 Å². The second-order valence-corrected chi connectivity index (χ2v) is 4.31. The molecule has 0 saturated carbocycles. The van der Waals surface area contributed by atoms with Crippen LogP contribution in [-0.4, -0.2) is 15.6 Å². The quantitative estimate of drug-likeness (QED) is 0.743. The predicted molar refractivity (Wildman–Crippen MR) is 60.3 cm³/mol.